The highest BCUT2D eigenvalue weighted by molar-refractivity contribution is 5.92. The third-order valence-electron chi connectivity index (χ3n) is 4.19. The highest BCUT2D eigenvalue weighted by Crippen LogP contribution is 2.21. The number of amides is 1. The molecule has 29 heavy (non-hydrogen) atoms. The Bertz CT molecular complexity index is 989. The number of carbonyl (C=O) groups excluding carboxylic acids is 2. The highest BCUT2D eigenvalue weighted by Gasteiger charge is 2.25. The normalized spacial score (nSPS) is 11.3. The van der Waals surface area contributed by atoms with Crippen LogP contribution in [-0.2, 0) is 16.1 Å². The average molecular weight is 390 g/mol. The standard InChI is InChI=1S/C22H18N2O5/c25-21(23-15-16-7-3-1-4-8-16)20(17-9-5-2-6-10-17)29-22(26)18-11-13-19(14-12-18)24(27)28/h1-14,20H,15H2,(H,23,25). The first-order chi connectivity index (χ1) is 14.0. The van der Waals surface area contributed by atoms with Gasteiger partial charge in [0.05, 0.1) is 10.5 Å². The Morgan fingerprint density at radius 2 is 1.48 bits per heavy atom. The van der Waals surface area contributed by atoms with Crippen LogP contribution in [0.25, 0.3) is 0 Å². The molecule has 0 aliphatic heterocycles. The van der Waals surface area contributed by atoms with Gasteiger partial charge < -0.3 is 10.1 Å². The molecule has 3 aromatic rings. The minimum absolute atomic E-state index is 0.118. The number of non-ortho nitro benzene ring substituents is 1. The van der Waals surface area contributed by atoms with E-state index in [2.05, 4.69) is 5.32 Å². The van der Waals surface area contributed by atoms with Crippen molar-refractivity contribution >= 4 is 17.6 Å². The van der Waals surface area contributed by atoms with E-state index in [0.717, 1.165) is 5.56 Å². The monoisotopic (exact) mass is 390 g/mol. The van der Waals surface area contributed by atoms with Gasteiger partial charge in [0.2, 0.25) is 6.10 Å². The fraction of sp³-hybridized carbons (Fsp3) is 0.0909. The number of nitro groups is 1. The van der Waals surface area contributed by atoms with Crippen molar-refractivity contribution in [1.29, 1.82) is 0 Å². The van der Waals surface area contributed by atoms with E-state index in [-0.39, 0.29) is 17.8 Å². The van der Waals surface area contributed by atoms with Crippen LogP contribution >= 0.6 is 0 Å². The number of hydrogen-bond acceptors (Lipinski definition) is 5. The van der Waals surface area contributed by atoms with Crippen molar-refractivity contribution in [2.45, 2.75) is 12.6 Å². The Labute approximate surface area is 167 Å². The SMILES string of the molecule is O=C(OC(C(=O)NCc1ccccc1)c1ccccc1)c1ccc([N+](=O)[O-])cc1. The summed E-state index contributed by atoms with van der Waals surface area (Å²) in [6, 6.07) is 23.0. The zero-order chi connectivity index (χ0) is 20.6. The molecule has 0 saturated heterocycles. The molecule has 1 N–H and O–H groups in total. The number of esters is 1. The smallest absolute Gasteiger partial charge is 0.339 e. The molecule has 1 amide bonds. The van der Waals surface area contributed by atoms with E-state index in [4.69, 9.17) is 4.74 Å². The van der Waals surface area contributed by atoms with Gasteiger partial charge >= 0.3 is 5.97 Å². The van der Waals surface area contributed by atoms with Gasteiger partial charge in [-0.15, -0.1) is 0 Å². The highest BCUT2D eigenvalue weighted by atomic mass is 16.6. The second kappa shape index (κ2) is 9.27. The first kappa shape index (κ1) is 19.8. The van der Waals surface area contributed by atoms with Gasteiger partial charge in [0, 0.05) is 24.2 Å². The number of carbonyl (C=O) groups is 2. The number of rotatable bonds is 7. The largest absolute Gasteiger partial charge is 0.444 e. The van der Waals surface area contributed by atoms with Gasteiger partial charge in [-0.1, -0.05) is 60.7 Å². The maximum Gasteiger partial charge on any atom is 0.339 e. The van der Waals surface area contributed by atoms with Gasteiger partial charge in [0.25, 0.3) is 11.6 Å². The lowest BCUT2D eigenvalue weighted by Gasteiger charge is -2.18. The molecular weight excluding hydrogens is 372 g/mol. The second-order valence-corrected chi connectivity index (χ2v) is 6.20. The van der Waals surface area contributed by atoms with Gasteiger partial charge in [-0.3, -0.25) is 14.9 Å². The lowest BCUT2D eigenvalue weighted by Crippen LogP contribution is -2.31. The summed E-state index contributed by atoms with van der Waals surface area (Å²) >= 11 is 0. The Morgan fingerprint density at radius 1 is 0.897 bits per heavy atom. The molecule has 0 heterocycles. The van der Waals surface area contributed by atoms with Crippen molar-refractivity contribution in [2.24, 2.45) is 0 Å². The van der Waals surface area contributed by atoms with Crippen LogP contribution in [-0.4, -0.2) is 16.8 Å². The third kappa shape index (κ3) is 5.26. The van der Waals surface area contributed by atoms with Crippen LogP contribution in [0.5, 0.6) is 0 Å². The fourth-order valence-corrected chi connectivity index (χ4v) is 2.67. The molecule has 0 saturated carbocycles. The van der Waals surface area contributed by atoms with E-state index in [9.17, 15) is 19.7 Å². The molecular formula is C22H18N2O5. The van der Waals surface area contributed by atoms with Crippen molar-refractivity contribution in [3.05, 3.63) is 112 Å². The summed E-state index contributed by atoms with van der Waals surface area (Å²) in [5, 5.41) is 13.5. The molecule has 7 nitrogen and oxygen atoms in total. The van der Waals surface area contributed by atoms with Crippen molar-refractivity contribution < 1.29 is 19.2 Å². The first-order valence-electron chi connectivity index (χ1n) is 8.86. The summed E-state index contributed by atoms with van der Waals surface area (Å²) in [5.41, 5.74) is 1.41. The number of hydrogen-bond donors (Lipinski definition) is 1. The fourth-order valence-electron chi connectivity index (χ4n) is 2.67. The third-order valence-corrected chi connectivity index (χ3v) is 4.19. The molecule has 0 radical (unpaired) electrons. The molecule has 0 spiro atoms. The van der Waals surface area contributed by atoms with Crippen molar-refractivity contribution in [3.63, 3.8) is 0 Å². The molecule has 0 fully saturated rings. The molecule has 3 aromatic carbocycles. The Balaban J connectivity index is 1.75. The minimum atomic E-state index is -1.15. The summed E-state index contributed by atoms with van der Waals surface area (Å²) in [6.07, 6.45) is -1.15. The zero-order valence-electron chi connectivity index (χ0n) is 15.4. The van der Waals surface area contributed by atoms with Crippen LogP contribution in [0, 0.1) is 10.1 Å². The van der Waals surface area contributed by atoms with Crippen LogP contribution in [0.1, 0.15) is 27.6 Å². The van der Waals surface area contributed by atoms with Crippen LogP contribution < -0.4 is 5.32 Å². The van der Waals surface area contributed by atoms with Gasteiger partial charge in [-0.25, -0.2) is 4.79 Å². The van der Waals surface area contributed by atoms with Crippen molar-refractivity contribution in [1.82, 2.24) is 5.32 Å². The Morgan fingerprint density at radius 3 is 2.07 bits per heavy atom. The molecule has 0 aliphatic carbocycles. The summed E-state index contributed by atoms with van der Waals surface area (Å²) in [4.78, 5) is 35.5. The topological polar surface area (TPSA) is 98.5 Å². The average Bonchev–Trinajstić information content (AvgIpc) is 2.77. The van der Waals surface area contributed by atoms with Gasteiger partial charge in [0.1, 0.15) is 0 Å². The predicted octanol–water partition coefficient (Wildman–Crippen LogP) is 3.81. The quantitative estimate of drug-likeness (QED) is 0.376. The van der Waals surface area contributed by atoms with Gasteiger partial charge in [-0.2, -0.15) is 0 Å². The zero-order valence-corrected chi connectivity index (χ0v) is 15.4. The molecule has 1 atom stereocenters. The molecule has 0 bridgehead atoms. The number of nitro benzene ring substituents is 1. The molecule has 0 aliphatic rings. The molecule has 0 aromatic heterocycles. The van der Waals surface area contributed by atoms with Crippen LogP contribution in [0.4, 0.5) is 5.69 Å². The number of nitrogens with zero attached hydrogens (tertiary/aromatic N) is 1. The first-order valence-corrected chi connectivity index (χ1v) is 8.86. The van der Waals surface area contributed by atoms with Gasteiger partial charge in [-0.05, 0) is 17.7 Å². The maximum atomic E-state index is 12.7. The van der Waals surface area contributed by atoms with Crippen LogP contribution in [0.2, 0.25) is 0 Å². The lowest BCUT2D eigenvalue weighted by atomic mass is 10.1. The number of ether oxygens (including phenoxy) is 1. The molecule has 3 rings (SSSR count). The lowest BCUT2D eigenvalue weighted by molar-refractivity contribution is -0.384. The van der Waals surface area contributed by atoms with E-state index in [1.807, 2.05) is 30.3 Å². The van der Waals surface area contributed by atoms with E-state index in [1.165, 1.54) is 24.3 Å². The van der Waals surface area contributed by atoms with Gasteiger partial charge in [0.15, 0.2) is 0 Å². The summed E-state index contributed by atoms with van der Waals surface area (Å²) < 4.78 is 5.45. The predicted molar refractivity (Wildman–Crippen MR) is 106 cm³/mol. The number of nitrogens with one attached hydrogen (secondary N) is 1. The maximum absolute atomic E-state index is 12.7. The molecule has 1 unspecified atom stereocenters. The van der Waals surface area contributed by atoms with Crippen LogP contribution in [0.15, 0.2) is 84.9 Å². The second-order valence-electron chi connectivity index (χ2n) is 6.20. The Hall–Kier alpha value is -4.00. The van der Waals surface area contributed by atoms with Crippen molar-refractivity contribution in [2.75, 3.05) is 0 Å². The van der Waals surface area contributed by atoms with Crippen molar-refractivity contribution in [3.8, 4) is 0 Å². The molecule has 146 valence electrons. The van der Waals surface area contributed by atoms with Crippen LogP contribution in [0.3, 0.4) is 0 Å². The summed E-state index contributed by atoms with van der Waals surface area (Å²) in [6.45, 7) is 0.290. The van der Waals surface area contributed by atoms with E-state index < -0.39 is 22.9 Å². The number of benzene rings is 3. The molecule has 7 heteroatoms. The van der Waals surface area contributed by atoms with E-state index in [1.54, 1.807) is 30.3 Å². The van der Waals surface area contributed by atoms with E-state index in [0.29, 0.717) is 5.56 Å². The van der Waals surface area contributed by atoms with E-state index >= 15 is 0 Å². The summed E-state index contributed by atoms with van der Waals surface area (Å²) in [7, 11) is 0. The minimum Gasteiger partial charge on any atom is -0.444 e. The Kier molecular flexibility index (Phi) is 6.32. The summed E-state index contributed by atoms with van der Waals surface area (Å²) in [5.74, 6) is -1.21.